The van der Waals surface area contributed by atoms with Gasteiger partial charge in [0.15, 0.2) is 0 Å². The summed E-state index contributed by atoms with van der Waals surface area (Å²) in [6, 6.07) is 15.7. The van der Waals surface area contributed by atoms with Crippen molar-refractivity contribution >= 4 is 11.6 Å². The number of ether oxygens (including phenoxy) is 1. The average Bonchev–Trinajstić information content (AvgIpc) is 2.46. The van der Waals surface area contributed by atoms with Crippen LogP contribution in [0.5, 0.6) is 5.75 Å². The average molecular weight is 277 g/mol. The minimum atomic E-state index is -0.454. The number of aliphatic hydroxyl groups is 1. The summed E-state index contributed by atoms with van der Waals surface area (Å²) >= 11 is 6.20. The molecule has 0 heterocycles. The fourth-order valence-corrected chi connectivity index (χ4v) is 1.97. The molecule has 0 spiro atoms. The Morgan fingerprint density at radius 2 is 1.84 bits per heavy atom. The van der Waals surface area contributed by atoms with E-state index in [1.54, 1.807) is 0 Å². The summed E-state index contributed by atoms with van der Waals surface area (Å²) in [5.41, 5.74) is 2.17. The predicted molar refractivity (Wildman–Crippen MR) is 78.7 cm³/mol. The summed E-state index contributed by atoms with van der Waals surface area (Å²) in [6.45, 7) is 2.18. The third-order valence-corrected chi connectivity index (χ3v) is 3.24. The molecule has 2 aromatic rings. The molecule has 0 aromatic heterocycles. The first-order valence-corrected chi connectivity index (χ1v) is 6.74. The number of aliphatic hydroxyl groups excluding tert-OH is 1. The zero-order valence-electron chi connectivity index (χ0n) is 10.8. The maximum absolute atomic E-state index is 9.47. The van der Waals surface area contributed by atoms with Crippen LogP contribution in [0.2, 0.25) is 5.02 Å². The lowest BCUT2D eigenvalue weighted by atomic mass is 10.1. The zero-order valence-corrected chi connectivity index (χ0v) is 11.6. The normalized spacial score (nSPS) is 12.2. The van der Waals surface area contributed by atoms with E-state index in [2.05, 4.69) is 0 Å². The summed E-state index contributed by atoms with van der Waals surface area (Å²) in [4.78, 5) is 0. The van der Waals surface area contributed by atoms with Crippen LogP contribution in [0.1, 0.15) is 13.3 Å². The van der Waals surface area contributed by atoms with Gasteiger partial charge in [-0.1, -0.05) is 54.9 Å². The lowest BCUT2D eigenvalue weighted by Gasteiger charge is -2.12. The molecule has 0 saturated carbocycles. The van der Waals surface area contributed by atoms with Crippen molar-refractivity contribution in [3.8, 4) is 16.9 Å². The van der Waals surface area contributed by atoms with Crippen molar-refractivity contribution in [1.82, 2.24) is 0 Å². The topological polar surface area (TPSA) is 29.5 Å². The fourth-order valence-electron chi connectivity index (χ4n) is 1.73. The standard InChI is InChI=1S/C16H17ClO2/c1-2-14(18)11-19-16-9-8-13(10-15(16)17)12-6-4-3-5-7-12/h3-10,14,18H,2,11H2,1H3. The van der Waals surface area contributed by atoms with Gasteiger partial charge in [0.2, 0.25) is 0 Å². The van der Waals surface area contributed by atoms with Gasteiger partial charge in [-0.05, 0) is 29.7 Å². The third kappa shape index (κ3) is 3.72. The summed E-state index contributed by atoms with van der Waals surface area (Å²) in [7, 11) is 0. The largest absolute Gasteiger partial charge is 0.489 e. The molecule has 0 radical (unpaired) electrons. The SMILES string of the molecule is CCC(O)COc1ccc(-c2ccccc2)cc1Cl. The second-order valence-corrected chi connectivity index (χ2v) is 4.79. The summed E-state index contributed by atoms with van der Waals surface area (Å²) < 4.78 is 5.50. The second kappa shape index (κ2) is 6.60. The Labute approximate surface area is 118 Å². The van der Waals surface area contributed by atoms with Gasteiger partial charge in [-0.25, -0.2) is 0 Å². The van der Waals surface area contributed by atoms with E-state index in [0.29, 0.717) is 17.2 Å². The summed E-state index contributed by atoms with van der Waals surface area (Å²) in [5, 5.41) is 10.0. The molecule has 2 rings (SSSR count). The minimum Gasteiger partial charge on any atom is -0.489 e. The molecule has 0 fully saturated rings. The maximum Gasteiger partial charge on any atom is 0.138 e. The first kappa shape index (κ1) is 13.9. The number of halogens is 1. The van der Waals surface area contributed by atoms with Crippen molar-refractivity contribution in [3.63, 3.8) is 0 Å². The van der Waals surface area contributed by atoms with Crippen LogP contribution in [-0.4, -0.2) is 17.8 Å². The number of hydrogen-bond acceptors (Lipinski definition) is 2. The zero-order chi connectivity index (χ0) is 13.7. The first-order valence-electron chi connectivity index (χ1n) is 6.36. The number of hydrogen-bond donors (Lipinski definition) is 1. The van der Waals surface area contributed by atoms with Gasteiger partial charge < -0.3 is 9.84 Å². The van der Waals surface area contributed by atoms with Crippen molar-refractivity contribution in [1.29, 1.82) is 0 Å². The summed E-state index contributed by atoms with van der Waals surface area (Å²) in [6.07, 6.45) is 0.213. The Morgan fingerprint density at radius 3 is 2.47 bits per heavy atom. The summed E-state index contributed by atoms with van der Waals surface area (Å²) in [5.74, 6) is 0.605. The van der Waals surface area contributed by atoms with Crippen molar-refractivity contribution in [2.45, 2.75) is 19.4 Å². The second-order valence-electron chi connectivity index (χ2n) is 4.38. The van der Waals surface area contributed by atoms with Crippen LogP contribution in [-0.2, 0) is 0 Å². The van der Waals surface area contributed by atoms with Crippen LogP contribution in [0.25, 0.3) is 11.1 Å². The predicted octanol–water partition coefficient (Wildman–Crippen LogP) is 4.16. The molecule has 2 nitrogen and oxygen atoms in total. The van der Waals surface area contributed by atoms with E-state index in [0.717, 1.165) is 11.1 Å². The molecular weight excluding hydrogens is 260 g/mol. The Morgan fingerprint density at radius 1 is 1.11 bits per heavy atom. The molecule has 3 heteroatoms. The Bertz CT molecular complexity index is 526. The molecule has 2 aromatic carbocycles. The molecule has 0 amide bonds. The molecule has 1 N–H and O–H groups in total. The van der Waals surface area contributed by atoms with E-state index < -0.39 is 6.10 Å². The number of rotatable bonds is 5. The van der Waals surface area contributed by atoms with E-state index in [1.807, 2.05) is 55.5 Å². The molecule has 0 aliphatic carbocycles. The Hall–Kier alpha value is -1.51. The monoisotopic (exact) mass is 276 g/mol. The van der Waals surface area contributed by atoms with Crippen LogP contribution in [0, 0.1) is 0 Å². The van der Waals surface area contributed by atoms with Gasteiger partial charge in [0.05, 0.1) is 11.1 Å². The first-order chi connectivity index (χ1) is 9.20. The van der Waals surface area contributed by atoms with Gasteiger partial charge >= 0.3 is 0 Å². The third-order valence-electron chi connectivity index (χ3n) is 2.94. The highest BCUT2D eigenvalue weighted by molar-refractivity contribution is 6.32. The van der Waals surface area contributed by atoms with Gasteiger partial charge in [-0.2, -0.15) is 0 Å². The van der Waals surface area contributed by atoms with E-state index >= 15 is 0 Å². The Kier molecular flexibility index (Phi) is 4.83. The smallest absolute Gasteiger partial charge is 0.138 e. The van der Waals surface area contributed by atoms with E-state index in [-0.39, 0.29) is 6.61 Å². The molecule has 100 valence electrons. The van der Waals surface area contributed by atoms with Crippen LogP contribution in [0.3, 0.4) is 0 Å². The van der Waals surface area contributed by atoms with Crippen LogP contribution in [0.4, 0.5) is 0 Å². The van der Waals surface area contributed by atoms with E-state index in [9.17, 15) is 5.11 Å². The molecule has 1 unspecified atom stereocenters. The minimum absolute atomic E-state index is 0.265. The highest BCUT2D eigenvalue weighted by Crippen LogP contribution is 2.30. The van der Waals surface area contributed by atoms with Crippen molar-refractivity contribution in [2.75, 3.05) is 6.61 Å². The van der Waals surface area contributed by atoms with Gasteiger partial charge in [-0.15, -0.1) is 0 Å². The van der Waals surface area contributed by atoms with Crippen molar-refractivity contribution < 1.29 is 9.84 Å². The molecule has 0 bridgehead atoms. The molecular formula is C16H17ClO2. The molecule has 0 aliphatic heterocycles. The maximum atomic E-state index is 9.47. The van der Waals surface area contributed by atoms with Gasteiger partial charge in [-0.3, -0.25) is 0 Å². The Balaban J connectivity index is 2.13. The lowest BCUT2D eigenvalue weighted by molar-refractivity contribution is 0.104. The van der Waals surface area contributed by atoms with E-state index in [4.69, 9.17) is 16.3 Å². The van der Waals surface area contributed by atoms with Gasteiger partial charge in [0, 0.05) is 0 Å². The lowest BCUT2D eigenvalue weighted by Crippen LogP contribution is -2.16. The quantitative estimate of drug-likeness (QED) is 0.889. The van der Waals surface area contributed by atoms with Crippen LogP contribution >= 0.6 is 11.6 Å². The molecule has 0 saturated heterocycles. The van der Waals surface area contributed by atoms with Crippen molar-refractivity contribution in [3.05, 3.63) is 53.6 Å². The molecule has 0 aliphatic rings. The number of benzene rings is 2. The fraction of sp³-hybridized carbons (Fsp3) is 0.250. The van der Waals surface area contributed by atoms with Crippen molar-refractivity contribution in [2.24, 2.45) is 0 Å². The van der Waals surface area contributed by atoms with Gasteiger partial charge in [0.1, 0.15) is 12.4 Å². The van der Waals surface area contributed by atoms with Gasteiger partial charge in [0.25, 0.3) is 0 Å². The van der Waals surface area contributed by atoms with Crippen LogP contribution < -0.4 is 4.74 Å². The molecule has 19 heavy (non-hydrogen) atoms. The molecule has 1 atom stereocenters. The van der Waals surface area contributed by atoms with E-state index in [1.165, 1.54) is 0 Å². The highest BCUT2D eigenvalue weighted by Gasteiger charge is 2.07. The van der Waals surface area contributed by atoms with Crippen LogP contribution in [0.15, 0.2) is 48.5 Å². The highest BCUT2D eigenvalue weighted by atomic mass is 35.5.